The van der Waals surface area contributed by atoms with E-state index in [-0.39, 0.29) is 6.10 Å². The lowest BCUT2D eigenvalue weighted by molar-refractivity contribution is 0.263. The number of hydrogen-bond acceptors (Lipinski definition) is 7. The zero-order chi connectivity index (χ0) is 15.9. The molecule has 2 aromatic rings. The van der Waals surface area contributed by atoms with E-state index in [0.29, 0.717) is 24.9 Å². The van der Waals surface area contributed by atoms with Gasteiger partial charge in [-0.25, -0.2) is 0 Å². The van der Waals surface area contributed by atoms with Crippen molar-refractivity contribution in [1.82, 2.24) is 10.2 Å². The number of nitrogens with one attached hydrogen (secondary N) is 1. The molecule has 7 nitrogen and oxygen atoms in total. The highest BCUT2D eigenvalue weighted by Gasteiger charge is 2.22. The van der Waals surface area contributed by atoms with Gasteiger partial charge in [0.15, 0.2) is 5.82 Å². The van der Waals surface area contributed by atoms with Crippen molar-refractivity contribution < 1.29 is 14.2 Å². The van der Waals surface area contributed by atoms with Gasteiger partial charge < -0.3 is 14.2 Å². The van der Waals surface area contributed by atoms with Gasteiger partial charge in [-0.15, -0.1) is 10.2 Å². The van der Waals surface area contributed by atoms with Crippen molar-refractivity contribution in [2.75, 3.05) is 25.2 Å². The molecule has 23 heavy (non-hydrogen) atoms. The van der Waals surface area contributed by atoms with Crippen LogP contribution in [0.5, 0.6) is 11.6 Å². The Labute approximate surface area is 134 Å². The largest absolute Gasteiger partial charge is 0.491 e. The minimum atomic E-state index is 0.260. The summed E-state index contributed by atoms with van der Waals surface area (Å²) in [5.74, 6) is 1.87. The summed E-state index contributed by atoms with van der Waals surface area (Å²) in [5, 5.41) is 12.0. The average molecular weight is 314 g/mol. The third kappa shape index (κ3) is 4.93. The molecule has 0 spiro atoms. The molecule has 7 heteroatoms. The van der Waals surface area contributed by atoms with E-state index in [1.165, 1.54) is 0 Å². The minimum absolute atomic E-state index is 0.260. The zero-order valence-corrected chi connectivity index (χ0v) is 12.8. The maximum absolute atomic E-state index is 5.57. The molecule has 0 radical (unpaired) electrons. The number of nitrogens with zero attached hydrogens (tertiary/aromatic N) is 3. The summed E-state index contributed by atoms with van der Waals surface area (Å²) < 4.78 is 15.9. The highest BCUT2D eigenvalue weighted by Crippen LogP contribution is 2.15. The predicted molar refractivity (Wildman–Crippen MR) is 86.1 cm³/mol. The number of ether oxygens (including phenoxy) is 3. The van der Waals surface area contributed by atoms with Crippen LogP contribution in [0.25, 0.3) is 0 Å². The predicted octanol–water partition coefficient (Wildman–Crippen LogP) is 2.10. The van der Waals surface area contributed by atoms with Crippen LogP contribution in [0.3, 0.4) is 0 Å². The Bertz CT molecular complexity index is 639. The number of hydrogen-bond donors (Lipinski definition) is 1. The summed E-state index contributed by atoms with van der Waals surface area (Å²) in [6.45, 7) is 3.86. The SMILES string of the molecule is CCOc1ccc(N/N=C/c2ccc(OCC3CO3)cc2)nn1. The fraction of sp³-hybridized carbons (Fsp3) is 0.312. The second-order valence-corrected chi connectivity index (χ2v) is 4.90. The van der Waals surface area contributed by atoms with E-state index >= 15 is 0 Å². The Hall–Kier alpha value is -2.67. The molecule has 0 amide bonds. The van der Waals surface area contributed by atoms with Gasteiger partial charge in [0.25, 0.3) is 0 Å². The van der Waals surface area contributed by atoms with Crippen LogP contribution >= 0.6 is 0 Å². The summed E-state index contributed by atoms with van der Waals surface area (Å²) >= 11 is 0. The van der Waals surface area contributed by atoms with Crippen molar-refractivity contribution in [2.45, 2.75) is 13.0 Å². The van der Waals surface area contributed by atoms with Crippen molar-refractivity contribution in [3.05, 3.63) is 42.0 Å². The van der Waals surface area contributed by atoms with Gasteiger partial charge in [0, 0.05) is 6.07 Å². The van der Waals surface area contributed by atoms with Gasteiger partial charge in [0.05, 0.1) is 19.4 Å². The first-order chi connectivity index (χ1) is 11.3. The maximum Gasteiger partial charge on any atom is 0.233 e. The topological polar surface area (TPSA) is 81.2 Å². The van der Waals surface area contributed by atoms with E-state index < -0.39 is 0 Å². The van der Waals surface area contributed by atoms with Crippen molar-refractivity contribution in [3.8, 4) is 11.6 Å². The molecule has 2 heterocycles. The number of rotatable bonds is 8. The van der Waals surface area contributed by atoms with Crippen LogP contribution in [0.2, 0.25) is 0 Å². The second kappa shape index (κ2) is 7.55. The molecule has 1 aromatic carbocycles. The average Bonchev–Trinajstić information content (AvgIpc) is 3.40. The first-order valence-electron chi connectivity index (χ1n) is 7.43. The summed E-state index contributed by atoms with van der Waals surface area (Å²) in [7, 11) is 0. The molecule has 3 rings (SSSR count). The van der Waals surface area contributed by atoms with E-state index in [2.05, 4.69) is 20.7 Å². The van der Waals surface area contributed by atoms with Gasteiger partial charge in [-0.2, -0.15) is 5.10 Å². The quantitative estimate of drug-likeness (QED) is 0.456. The van der Waals surface area contributed by atoms with Gasteiger partial charge in [0.2, 0.25) is 5.88 Å². The summed E-state index contributed by atoms with van der Waals surface area (Å²) in [6, 6.07) is 11.2. The van der Waals surface area contributed by atoms with Crippen molar-refractivity contribution in [1.29, 1.82) is 0 Å². The molecule has 1 saturated heterocycles. The van der Waals surface area contributed by atoms with Crippen molar-refractivity contribution in [3.63, 3.8) is 0 Å². The van der Waals surface area contributed by atoms with Crippen LogP contribution in [-0.2, 0) is 4.74 Å². The van der Waals surface area contributed by atoms with Crippen LogP contribution in [0, 0.1) is 0 Å². The number of hydrazone groups is 1. The summed E-state index contributed by atoms with van der Waals surface area (Å²) in [5.41, 5.74) is 3.77. The Morgan fingerprint density at radius 3 is 2.70 bits per heavy atom. The molecule has 0 bridgehead atoms. The zero-order valence-electron chi connectivity index (χ0n) is 12.8. The number of epoxide rings is 1. The molecule has 1 fully saturated rings. The summed E-state index contributed by atoms with van der Waals surface area (Å²) in [6.07, 6.45) is 1.96. The van der Waals surface area contributed by atoms with Gasteiger partial charge in [0.1, 0.15) is 18.5 Å². The number of benzene rings is 1. The fourth-order valence-electron chi connectivity index (χ4n) is 1.78. The highest BCUT2D eigenvalue weighted by atomic mass is 16.6. The number of anilines is 1. The smallest absolute Gasteiger partial charge is 0.233 e. The van der Waals surface area contributed by atoms with Crippen LogP contribution < -0.4 is 14.9 Å². The maximum atomic E-state index is 5.57. The molecule has 0 aliphatic carbocycles. The first kappa shape index (κ1) is 15.2. The van der Waals surface area contributed by atoms with Crippen molar-refractivity contribution in [2.24, 2.45) is 5.10 Å². The molecule has 1 aromatic heterocycles. The second-order valence-electron chi connectivity index (χ2n) is 4.90. The molecule has 1 aliphatic rings. The Morgan fingerprint density at radius 1 is 1.22 bits per heavy atom. The molecule has 1 unspecified atom stereocenters. The highest BCUT2D eigenvalue weighted by molar-refractivity contribution is 5.80. The number of aromatic nitrogens is 2. The molecule has 1 N–H and O–H groups in total. The lowest BCUT2D eigenvalue weighted by Crippen LogP contribution is -2.03. The van der Waals surface area contributed by atoms with E-state index in [0.717, 1.165) is 17.9 Å². The monoisotopic (exact) mass is 314 g/mol. The lowest BCUT2D eigenvalue weighted by atomic mass is 10.2. The molecule has 1 aliphatic heterocycles. The van der Waals surface area contributed by atoms with Gasteiger partial charge in [-0.3, -0.25) is 5.43 Å². The molecular weight excluding hydrogens is 296 g/mol. The van der Waals surface area contributed by atoms with Crippen LogP contribution in [0.4, 0.5) is 5.82 Å². The first-order valence-corrected chi connectivity index (χ1v) is 7.43. The third-order valence-corrected chi connectivity index (χ3v) is 3.04. The molecule has 1 atom stereocenters. The van der Waals surface area contributed by atoms with E-state index in [1.54, 1.807) is 18.3 Å². The van der Waals surface area contributed by atoms with E-state index in [9.17, 15) is 0 Å². The molecule has 0 saturated carbocycles. The third-order valence-electron chi connectivity index (χ3n) is 3.04. The van der Waals surface area contributed by atoms with E-state index in [1.807, 2.05) is 31.2 Å². The Balaban J connectivity index is 1.48. The lowest BCUT2D eigenvalue weighted by Gasteiger charge is -2.04. The fourth-order valence-corrected chi connectivity index (χ4v) is 1.78. The normalized spacial score (nSPS) is 16.3. The molecule has 120 valence electrons. The standard InChI is InChI=1S/C16H18N4O3/c1-2-21-16-8-7-15(19-20-16)18-17-9-12-3-5-13(6-4-12)22-10-14-11-23-14/h3-9,14H,2,10-11H2,1H3,(H,18,19)/b17-9+. The molecular formula is C16H18N4O3. The van der Waals surface area contributed by atoms with E-state index in [4.69, 9.17) is 14.2 Å². The van der Waals surface area contributed by atoms with Crippen LogP contribution in [-0.4, -0.2) is 42.3 Å². The van der Waals surface area contributed by atoms with Crippen LogP contribution in [0.15, 0.2) is 41.5 Å². The van der Waals surface area contributed by atoms with Gasteiger partial charge in [-0.1, -0.05) is 0 Å². The van der Waals surface area contributed by atoms with Crippen molar-refractivity contribution >= 4 is 12.0 Å². The van der Waals surface area contributed by atoms with Crippen LogP contribution in [0.1, 0.15) is 12.5 Å². The summed E-state index contributed by atoms with van der Waals surface area (Å²) in [4.78, 5) is 0. The Morgan fingerprint density at radius 2 is 2.04 bits per heavy atom. The Kier molecular flexibility index (Phi) is 5.00. The van der Waals surface area contributed by atoms with Gasteiger partial charge in [-0.05, 0) is 42.8 Å². The minimum Gasteiger partial charge on any atom is -0.491 e. The van der Waals surface area contributed by atoms with Gasteiger partial charge >= 0.3 is 0 Å².